The van der Waals surface area contributed by atoms with E-state index in [2.05, 4.69) is 28.1 Å². The third kappa shape index (κ3) is 3.24. The van der Waals surface area contributed by atoms with Gasteiger partial charge < -0.3 is 5.73 Å². The van der Waals surface area contributed by atoms with Crippen LogP contribution in [0.15, 0.2) is 40.9 Å². The fourth-order valence-electron chi connectivity index (χ4n) is 2.05. The molecule has 3 heteroatoms. The lowest BCUT2D eigenvalue weighted by Crippen LogP contribution is -2.08. The van der Waals surface area contributed by atoms with E-state index in [1.54, 1.807) is 12.1 Å². The van der Waals surface area contributed by atoms with Crippen LogP contribution in [0.3, 0.4) is 0 Å². The summed E-state index contributed by atoms with van der Waals surface area (Å²) in [5.41, 5.74) is 10.4. The molecule has 0 radical (unpaired) electrons. The summed E-state index contributed by atoms with van der Waals surface area (Å²) >= 11 is 3.34. The quantitative estimate of drug-likeness (QED) is 0.685. The zero-order valence-corrected chi connectivity index (χ0v) is 12.6. The van der Waals surface area contributed by atoms with Crippen molar-refractivity contribution in [3.63, 3.8) is 0 Å². The van der Waals surface area contributed by atoms with Gasteiger partial charge in [-0.1, -0.05) is 39.7 Å². The number of nitrogens with two attached hydrogens (primary N) is 1. The highest BCUT2D eigenvalue weighted by Gasteiger charge is 2.12. The van der Waals surface area contributed by atoms with E-state index in [-0.39, 0.29) is 5.78 Å². The maximum Gasteiger partial charge on any atom is 0.169 e. The molecule has 0 aromatic heterocycles. The number of carbonyl (C=O) groups excluding carboxylic acids is 1. The monoisotopic (exact) mass is 317 g/mol. The maximum atomic E-state index is 12.3. The minimum atomic E-state index is 0.0544. The van der Waals surface area contributed by atoms with Crippen molar-refractivity contribution in [2.75, 3.05) is 5.73 Å². The number of ketones is 1. The number of aryl methyl sites for hydroxylation is 2. The summed E-state index contributed by atoms with van der Waals surface area (Å²) in [7, 11) is 0. The van der Waals surface area contributed by atoms with Crippen molar-refractivity contribution in [2.24, 2.45) is 0 Å². The molecule has 0 bridgehead atoms. The van der Waals surface area contributed by atoms with Gasteiger partial charge in [0.15, 0.2) is 5.78 Å². The van der Waals surface area contributed by atoms with Crippen molar-refractivity contribution in [2.45, 2.75) is 20.3 Å². The highest BCUT2D eigenvalue weighted by molar-refractivity contribution is 9.10. The number of halogens is 1. The Balaban J connectivity index is 2.28. The molecule has 2 nitrogen and oxygen atoms in total. The molecule has 0 aliphatic rings. The molecule has 0 atom stereocenters. The molecule has 0 spiro atoms. The van der Waals surface area contributed by atoms with E-state index in [0.717, 1.165) is 21.2 Å². The van der Waals surface area contributed by atoms with Gasteiger partial charge in [-0.3, -0.25) is 4.79 Å². The van der Waals surface area contributed by atoms with Crippen LogP contribution in [0.5, 0.6) is 0 Å². The molecule has 98 valence electrons. The van der Waals surface area contributed by atoms with Crippen LogP contribution in [0.2, 0.25) is 0 Å². The molecule has 0 amide bonds. The third-order valence-corrected chi connectivity index (χ3v) is 3.66. The van der Waals surface area contributed by atoms with Crippen LogP contribution in [0, 0.1) is 13.8 Å². The van der Waals surface area contributed by atoms with Crippen LogP contribution in [0.4, 0.5) is 5.69 Å². The lowest BCUT2D eigenvalue weighted by Gasteiger charge is -2.08. The number of Topliss-reactive ketones (excluding diaryl/α,β-unsaturated/α-hetero) is 1. The highest BCUT2D eigenvalue weighted by atomic mass is 79.9. The van der Waals surface area contributed by atoms with Gasteiger partial charge in [0.25, 0.3) is 0 Å². The van der Waals surface area contributed by atoms with Gasteiger partial charge in [-0.25, -0.2) is 0 Å². The number of nitrogen functional groups attached to an aromatic ring is 1. The van der Waals surface area contributed by atoms with E-state index in [4.69, 9.17) is 5.73 Å². The fraction of sp³-hybridized carbons (Fsp3) is 0.188. The van der Waals surface area contributed by atoms with Crippen molar-refractivity contribution >= 4 is 27.4 Å². The zero-order chi connectivity index (χ0) is 14.0. The minimum absolute atomic E-state index is 0.0544. The zero-order valence-electron chi connectivity index (χ0n) is 11.0. The van der Waals surface area contributed by atoms with E-state index in [0.29, 0.717) is 17.7 Å². The summed E-state index contributed by atoms with van der Waals surface area (Å²) in [6.07, 6.45) is 0.388. The van der Waals surface area contributed by atoms with Crippen molar-refractivity contribution in [3.05, 3.63) is 63.1 Å². The number of hydrogen-bond donors (Lipinski definition) is 1. The number of carbonyl (C=O) groups is 1. The van der Waals surface area contributed by atoms with Gasteiger partial charge in [-0.15, -0.1) is 0 Å². The Labute approximate surface area is 121 Å². The topological polar surface area (TPSA) is 43.1 Å². The Morgan fingerprint density at radius 1 is 1.16 bits per heavy atom. The summed E-state index contributed by atoms with van der Waals surface area (Å²) in [6, 6.07) is 11.5. The first-order valence-corrected chi connectivity index (χ1v) is 6.91. The first-order chi connectivity index (χ1) is 8.97. The van der Waals surface area contributed by atoms with E-state index >= 15 is 0 Å². The van der Waals surface area contributed by atoms with Crippen LogP contribution < -0.4 is 5.73 Å². The van der Waals surface area contributed by atoms with Gasteiger partial charge in [0.2, 0.25) is 0 Å². The molecular formula is C16H16BrNO. The van der Waals surface area contributed by atoms with Gasteiger partial charge in [0, 0.05) is 22.1 Å². The summed E-state index contributed by atoms with van der Waals surface area (Å²) in [6.45, 7) is 4.05. The van der Waals surface area contributed by atoms with E-state index in [1.807, 2.05) is 26.0 Å². The van der Waals surface area contributed by atoms with Gasteiger partial charge in [-0.05, 0) is 43.2 Å². The third-order valence-electron chi connectivity index (χ3n) is 3.17. The molecule has 0 fully saturated rings. The SMILES string of the molecule is Cc1ccc(C)c(CC(=O)c2ccc(Br)cc2N)c1. The van der Waals surface area contributed by atoms with E-state index in [1.165, 1.54) is 0 Å². The number of benzene rings is 2. The maximum absolute atomic E-state index is 12.3. The van der Waals surface area contributed by atoms with Crippen molar-refractivity contribution in [1.29, 1.82) is 0 Å². The number of rotatable bonds is 3. The standard InChI is InChI=1S/C16H16BrNO/c1-10-3-4-11(2)12(7-10)8-16(19)14-6-5-13(17)9-15(14)18/h3-7,9H,8,18H2,1-2H3. The molecular weight excluding hydrogens is 302 g/mol. The van der Waals surface area contributed by atoms with Gasteiger partial charge in [0.05, 0.1) is 0 Å². The molecule has 0 aliphatic carbocycles. The second-order valence-corrected chi connectivity index (χ2v) is 5.68. The minimum Gasteiger partial charge on any atom is -0.398 e. The second-order valence-electron chi connectivity index (χ2n) is 4.76. The molecule has 0 aliphatic heterocycles. The molecule has 2 N–H and O–H groups in total. The van der Waals surface area contributed by atoms with Gasteiger partial charge in [-0.2, -0.15) is 0 Å². The van der Waals surface area contributed by atoms with E-state index in [9.17, 15) is 4.79 Å². The largest absolute Gasteiger partial charge is 0.398 e. The molecule has 19 heavy (non-hydrogen) atoms. The normalized spacial score (nSPS) is 10.5. The van der Waals surface area contributed by atoms with Crippen LogP contribution in [-0.4, -0.2) is 5.78 Å². The first kappa shape index (κ1) is 13.8. The van der Waals surface area contributed by atoms with Crippen molar-refractivity contribution < 1.29 is 4.79 Å². The molecule has 0 unspecified atom stereocenters. The van der Waals surface area contributed by atoms with Gasteiger partial charge >= 0.3 is 0 Å². The predicted molar refractivity (Wildman–Crippen MR) is 82.5 cm³/mol. The Morgan fingerprint density at radius 2 is 1.89 bits per heavy atom. The van der Waals surface area contributed by atoms with Crippen LogP contribution in [0.1, 0.15) is 27.0 Å². The Bertz CT molecular complexity index is 635. The molecule has 2 aromatic rings. The Hall–Kier alpha value is -1.61. The fourth-order valence-corrected chi connectivity index (χ4v) is 2.43. The lowest BCUT2D eigenvalue weighted by atomic mass is 9.97. The predicted octanol–water partition coefficient (Wildman–Crippen LogP) is 4.07. The summed E-state index contributed by atoms with van der Waals surface area (Å²) in [5, 5.41) is 0. The number of hydrogen-bond acceptors (Lipinski definition) is 2. The Morgan fingerprint density at radius 3 is 2.58 bits per heavy atom. The molecule has 2 rings (SSSR count). The summed E-state index contributed by atoms with van der Waals surface area (Å²) < 4.78 is 0.883. The summed E-state index contributed by atoms with van der Waals surface area (Å²) in [4.78, 5) is 12.3. The second kappa shape index (κ2) is 5.57. The van der Waals surface area contributed by atoms with Gasteiger partial charge in [0.1, 0.15) is 0 Å². The molecule has 0 saturated carbocycles. The summed E-state index contributed by atoms with van der Waals surface area (Å²) in [5.74, 6) is 0.0544. The Kier molecular flexibility index (Phi) is 4.05. The van der Waals surface area contributed by atoms with Crippen molar-refractivity contribution in [1.82, 2.24) is 0 Å². The first-order valence-electron chi connectivity index (χ1n) is 6.11. The smallest absolute Gasteiger partial charge is 0.169 e. The van der Waals surface area contributed by atoms with Crippen LogP contribution in [-0.2, 0) is 6.42 Å². The molecule has 0 heterocycles. The number of anilines is 1. The highest BCUT2D eigenvalue weighted by Crippen LogP contribution is 2.21. The average Bonchev–Trinajstić information content (AvgIpc) is 2.33. The molecule has 2 aromatic carbocycles. The van der Waals surface area contributed by atoms with E-state index < -0.39 is 0 Å². The molecule has 0 saturated heterocycles. The van der Waals surface area contributed by atoms with Crippen molar-refractivity contribution in [3.8, 4) is 0 Å². The lowest BCUT2D eigenvalue weighted by molar-refractivity contribution is 0.0993. The van der Waals surface area contributed by atoms with Crippen LogP contribution >= 0.6 is 15.9 Å². The van der Waals surface area contributed by atoms with Crippen LogP contribution in [0.25, 0.3) is 0 Å². The average molecular weight is 318 g/mol.